The molecule has 36 heavy (non-hydrogen) atoms. The molecule has 0 spiro atoms. The van der Waals surface area contributed by atoms with Crippen LogP contribution < -0.4 is 5.32 Å². The number of nitrogens with one attached hydrogen (secondary N) is 1. The number of phenolic OH excluding ortho intramolecular Hbond substituents is 2. The maximum atomic E-state index is 14.0. The van der Waals surface area contributed by atoms with E-state index in [1.807, 2.05) is 76.2 Å². The number of hydrogen-bond acceptors (Lipinski definition) is 4. The van der Waals surface area contributed by atoms with E-state index >= 15 is 0 Å². The van der Waals surface area contributed by atoms with Gasteiger partial charge >= 0.3 is 0 Å². The summed E-state index contributed by atoms with van der Waals surface area (Å²) in [5.74, 6) is 0.319. The molecule has 0 fully saturated rings. The summed E-state index contributed by atoms with van der Waals surface area (Å²) in [5.41, 5.74) is 7.11. The van der Waals surface area contributed by atoms with E-state index < -0.39 is 5.41 Å². The number of pyridine rings is 1. The summed E-state index contributed by atoms with van der Waals surface area (Å²) in [7, 11) is 0. The minimum absolute atomic E-state index is 0.145. The van der Waals surface area contributed by atoms with Gasteiger partial charge in [-0.05, 0) is 97.7 Å². The Hall–Kier alpha value is -4.12. The molecule has 0 atom stereocenters. The van der Waals surface area contributed by atoms with Crippen molar-refractivity contribution in [2.24, 2.45) is 0 Å². The van der Waals surface area contributed by atoms with Gasteiger partial charge in [-0.25, -0.2) is 0 Å². The molecule has 4 aromatic rings. The fourth-order valence-electron chi connectivity index (χ4n) is 5.42. The highest BCUT2D eigenvalue weighted by Crippen LogP contribution is 2.50. The Morgan fingerprint density at radius 2 is 1.36 bits per heavy atom. The molecule has 5 rings (SSSR count). The number of phenols is 2. The zero-order valence-corrected chi connectivity index (χ0v) is 21.0. The fraction of sp³-hybridized carbons (Fsp3) is 0.226. The van der Waals surface area contributed by atoms with Crippen molar-refractivity contribution in [3.8, 4) is 11.5 Å². The van der Waals surface area contributed by atoms with Crippen molar-refractivity contribution in [1.29, 1.82) is 0 Å². The number of amides is 1. The minimum atomic E-state index is -1.11. The second-order valence-electron chi connectivity index (χ2n) is 9.82. The monoisotopic (exact) mass is 478 g/mol. The van der Waals surface area contributed by atoms with Crippen molar-refractivity contribution in [3.05, 3.63) is 117 Å². The Morgan fingerprint density at radius 1 is 0.778 bits per heavy atom. The highest BCUT2D eigenvalue weighted by atomic mass is 16.3. The van der Waals surface area contributed by atoms with E-state index in [1.165, 1.54) is 0 Å². The molecule has 2 heterocycles. The predicted molar refractivity (Wildman–Crippen MR) is 142 cm³/mol. The van der Waals surface area contributed by atoms with Crippen LogP contribution in [0.5, 0.6) is 11.5 Å². The molecule has 0 radical (unpaired) electrons. The average Bonchev–Trinajstić information content (AvgIpc) is 3.16. The van der Waals surface area contributed by atoms with E-state index in [1.54, 1.807) is 6.20 Å². The predicted octanol–water partition coefficient (Wildman–Crippen LogP) is 5.80. The lowest BCUT2D eigenvalue weighted by molar-refractivity contribution is -0.118. The largest absolute Gasteiger partial charge is 0.507 e. The first kappa shape index (κ1) is 23.6. The number of anilines is 1. The molecule has 1 aromatic heterocycles. The molecule has 1 aliphatic heterocycles. The van der Waals surface area contributed by atoms with Crippen molar-refractivity contribution < 1.29 is 15.0 Å². The smallest absolute Gasteiger partial charge is 0.244 e. The molecule has 0 unspecified atom stereocenters. The zero-order chi connectivity index (χ0) is 25.6. The quantitative estimate of drug-likeness (QED) is 0.339. The van der Waals surface area contributed by atoms with Crippen LogP contribution in [-0.4, -0.2) is 21.1 Å². The van der Waals surface area contributed by atoms with E-state index in [2.05, 4.69) is 22.4 Å². The lowest BCUT2D eigenvalue weighted by Gasteiger charge is -2.31. The van der Waals surface area contributed by atoms with Gasteiger partial charge in [0, 0.05) is 23.1 Å². The maximum Gasteiger partial charge on any atom is 0.244 e. The first-order chi connectivity index (χ1) is 17.2. The molecule has 0 aliphatic carbocycles. The Kier molecular flexibility index (Phi) is 5.79. The highest BCUT2D eigenvalue weighted by Gasteiger charge is 2.50. The lowest BCUT2D eigenvalue weighted by atomic mass is 9.69. The fourth-order valence-corrected chi connectivity index (χ4v) is 5.42. The van der Waals surface area contributed by atoms with Gasteiger partial charge in [0.2, 0.25) is 5.91 Å². The summed E-state index contributed by atoms with van der Waals surface area (Å²) in [4.78, 5) is 18.4. The van der Waals surface area contributed by atoms with E-state index in [9.17, 15) is 15.0 Å². The van der Waals surface area contributed by atoms with Crippen LogP contribution in [0.3, 0.4) is 0 Å². The van der Waals surface area contributed by atoms with Crippen LogP contribution in [0.4, 0.5) is 5.69 Å². The van der Waals surface area contributed by atoms with Crippen LogP contribution in [0, 0.1) is 27.7 Å². The minimum Gasteiger partial charge on any atom is -0.507 e. The number of aromatic nitrogens is 1. The summed E-state index contributed by atoms with van der Waals surface area (Å²) in [6.45, 7) is 7.39. The second kappa shape index (κ2) is 8.83. The van der Waals surface area contributed by atoms with Gasteiger partial charge in [-0.2, -0.15) is 0 Å². The summed E-state index contributed by atoms with van der Waals surface area (Å²) in [5, 5.41) is 24.1. The summed E-state index contributed by atoms with van der Waals surface area (Å²) < 4.78 is 0. The van der Waals surface area contributed by atoms with E-state index in [0.29, 0.717) is 22.3 Å². The molecule has 5 heteroatoms. The number of hydrogen-bond donors (Lipinski definition) is 3. The zero-order valence-electron chi connectivity index (χ0n) is 21.0. The summed E-state index contributed by atoms with van der Waals surface area (Å²) >= 11 is 0. The lowest BCUT2D eigenvalue weighted by Crippen LogP contribution is -2.37. The molecular weight excluding hydrogens is 448 g/mol. The van der Waals surface area contributed by atoms with Crippen molar-refractivity contribution in [1.82, 2.24) is 4.98 Å². The van der Waals surface area contributed by atoms with Crippen molar-refractivity contribution in [2.75, 3.05) is 5.32 Å². The van der Waals surface area contributed by atoms with Crippen LogP contribution in [0.15, 0.2) is 66.9 Å². The molecule has 1 aliphatic rings. The van der Waals surface area contributed by atoms with Gasteiger partial charge in [-0.15, -0.1) is 0 Å². The van der Waals surface area contributed by atoms with Crippen molar-refractivity contribution >= 4 is 11.6 Å². The van der Waals surface area contributed by atoms with Crippen LogP contribution in [-0.2, 0) is 23.1 Å². The molecule has 3 N–H and O–H groups in total. The third-order valence-electron chi connectivity index (χ3n) is 7.32. The third-order valence-corrected chi connectivity index (χ3v) is 7.32. The number of rotatable bonds is 5. The van der Waals surface area contributed by atoms with Gasteiger partial charge in [0.15, 0.2) is 0 Å². The molecule has 1 amide bonds. The normalized spacial score (nSPS) is 13.9. The Labute approximate surface area is 211 Å². The summed E-state index contributed by atoms with van der Waals surface area (Å²) in [6, 6.07) is 19.7. The number of aryl methyl sites for hydroxylation is 6. The molecule has 0 saturated carbocycles. The Morgan fingerprint density at radius 3 is 1.89 bits per heavy atom. The van der Waals surface area contributed by atoms with Crippen LogP contribution in [0.2, 0.25) is 0 Å². The summed E-state index contributed by atoms with van der Waals surface area (Å²) in [6.07, 6.45) is 3.42. The van der Waals surface area contributed by atoms with Crippen molar-refractivity contribution in [2.45, 2.75) is 46.0 Å². The molecule has 5 nitrogen and oxygen atoms in total. The maximum absolute atomic E-state index is 14.0. The average molecular weight is 479 g/mol. The Bertz CT molecular complexity index is 1390. The van der Waals surface area contributed by atoms with Gasteiger partial charge in [-0.1, -0.05) is 42.5 Å². The van der Waals surface area contributed by atoms with Gasteiger partial charge in [-0.3, -0.25) is 9.78 Å². The van der Waals surface area contributed by atoms with E-state index in [4.69, 9.17) is 0 Å². The van der Waals surface area contributed by atoms with E-state index in [-0.39, 0.29) is 17.4 Å². The Balaban J connectivity index is 1.68. The van der Waals surface area contributed by atoms with Gasteiger partial charge in [0.1, 0.15) is 16.9 Å². The first-order valence-electron chi connectivity index (χ1n) is 12.2. The number of carbonyl (C=O) groups excluding carboxylic acids is 1. The molecular formula is C31H30N2O3. The number of benzene rings is 3. The first-order valence-corrected chi connectivity index (χ1v) is 12.2. The molecule has 0 bridgehead atoms. The second-order valence-corrected chi connectivity index (χ2v) is 9.82. The topological polar surface area (TPSA) is 82.5 Å². The van der Waals surface area contributed by atoms with Crippen LogP contribution >= 0.6 is 0 Å². The molecule has 0 saturated heterocycles. The van der Waals surface area contributed by atoms with Crippen LogP contribution in [0.1, 0.15) is 50.2 Å². The number of nitrogens with zero attached hydrogens (tertiary/aromatic N) is 1. The number of aromatic hydroxyl groups is 2. The van der Waals surface area contributed by atoms with Gasteiger partial charge in [0.05, 0.1) is 0 Å². The molecule has 3 aromatic carbocycles. The number of carbonyl (C=O) groups is 1. The highest BCUT2D eigenvalue weighted by molar-refractivity contribution is 6.11. The van der Waals surface area contributed by atoms with Gasteiger partial charge in [0.25, 0.3) is 0 Å². The number of fused-ring (bicyclic) bond motifs is 1. The molecule has 182 valence electrons. The standard InChI is InChI=1S/C31H30N2O3/c1-18-13-23(14-19(2)28(18)34)31(24-15-20(3)29(35)21(4)16-24)26-11-9-22(17-27(26)33-30(31)36)8-10-25-7-5-6-12-32-25/h5-7,9,11-17,34-35H,8,10H2,1-4H3,(H,33,36). The van der Waals surface area contributed by atoms with Gasteiger partial charge < -0.3 is 15.5 Å². The SMILES string of the molecule is Cc1cc(C2(c3cc(C)c(O)c(C)c3)C(=O)Nc3cc(CCc4ccccn4)ccc32)cc(C)c1O. The third kappa shape index (κ3) is 3.72. The van der Waals surface area contributed by atoms with Crippen LogP contribution in [0.25, 0.3) is 0 Å². The van der Waals surface area contributed by atoms with E-state index in [0.717, 1.165) is 46.5 Å². The van der Waals surface area contributed by atoms with Crippen molar-refractivity contribution in [3.63, 3.8) is 0 Å².